The standard InChI is InChI=1S/C11H12O2.C8H14O2.C2H6/c1-7-5-4-6-10(8(2)12)11(7)9(3)13;1-6(8(3)10)4-5-7(2)9;1-2/h4-6H,1-3H3;6H,4-5H2,1-3H3;1-2H3. The first-order chi connectivity index (χ1) is 11.6. The Morgan fingerprint density at radius 2 is 1.44 bits per heavy atom. The van der Waals surface area contributed by atoms with Gasteiger partial charge in [-0.05, 0) is 46.6 Å². The quantitative estimate of drug-likeness (QED) is 0.678. The molecule has 0 saturated carbocycles. The molecule has 0 N–H and O–H groups in total. The molecular formula is C21H32O4. The first-order valence-electron chi connectivity index (χ1n) is 8.69. The van der Waals surface area contributed by atoms with Gasteiger partial charge in [-0.15, -0.1) is 0 Å². The summed E-state index contributed by atoms with van der Waals surface area (Å²) in [7, 11) is 0. The van der Waals surface area contributed by atoms with E-state index in [0.717, 1.165) is 5.56 Å². The van der Waals surface area contributed by atoms with E-state index in [0.29, 0.717) is 24.0 Å². The number of rotatable bonds is 6. The molecule has 1 atom stereocenters. The smallest absolute Gasteiger partial charge is 0.160 e. The maximum atomic E-state index is 11.2. The number of Topliss-reactive ketones (excluding diaryl/α,β-unsaturated/α-hetero) is 4. The van der Waals surface area contributed by atoms with E-state index in [-0.39, 0.29) is 29.1 Å². The molecule has 25 heavy (non-hydrogen) atoms. The molecule has 1 aromatic rings. The zero-order chi connectivity index (χ0) is 20.2. The molecule has 0 saturated heterocycles. The fraction of sp³-hybridized carbons (Fsp3) is 0.524. The maximum Gasteiger partial charge on any atom is 0.160 e. The van der Waals surface area contributed by atoms with Crippen LogP contribution in [0.1, 0.15) is 87.6 Å². The van der Waals surface area contributed by atoms with E-state index >= 15 is 0 Å². The number of ketones is 4. The van der Waals surface area contributed by atoms with Crippen molar-refractivity contribution in [1.29, 1.82) is 0 Å². The van der Waals surface area contributed by atoms with Crippen LogP contribution < -0.4 is 0 Å². The molecule has 1 rings (SSSR count). The zero-order valence-corrected chi connectivity index (χ0v) is 16.9. The highest BCUT2D eigenvalue weighted by Crippen LogP contribution is 2.15. The van der Waals surface area contributed by atoms with Crippen molar-refractivity contribution in [2.75, 3.05) is 0 Å². The summed E-state index contributed by atoms with van der Waals surface area (Å²) in [5, 5.41) is 0. The van der Waals surface area contributed by atoms with Gasteiger partial charge in [0.2, 0.25) is 0 Å². The van der Waals surface area contributed by atoms with Gasteiger partial charge < -0.3 is 4.79 Å². The molecule has 0 fully saturated rings. The first kappa shape index (κ1) is 25.1. The minimum absolute atomic E-state index is 0.0453. The fourth-order valence-corrected chi connectivity index (χ4v) is 2.05. The highest BCUT2D eigenvalue weighted by Gasteiger charge is 2.12. The lowest BCUT2D eigenvalue weighted by Crippen LogP contribution is -2.07. The van der Waals surface area contributed by atoms with Crippen LogP contribution >= 0.6 is 0 Å². The molecule has 0 bridgehead atoms. The Hall–Kier alpha value is -2.10. The van der Waals surface area contributed by atoms with Gasteiger partial charge in [-0.3, -0.25) is 14.4 Å². The third-order valence-electron chi connectivity index (χ3n) is 3.63. The molecular weight excluding hydrogens is 316 g/mol. The van der Waals surface area contributed by atoms with Crippen molar-refractivity contribution < 1.29 is 19.2 Å². The number of benzene rings is 1. The Kier molecular flexibility index (Phi) is 13.3. The Balaban J connectivity index is 0. The van der Waals surface area contributed by atoms with Gasteiger partial charge in [0.15, 0.2) is 11.6 Å². The van der Waals surface area contributed by atoms with Gasteiger partial charge >= 0.3 is 0 Å². The van der Waals surface area contributed by atoms with E-state index < -0.39 is 0 Å². The summed E-state index contributed by atoms with van der Waals surface area (Å²) < 4.78 is 0. The summed E-state index contributed by atoms with van der Waals surface area (Å²) in [5.74, 6) is 0.260. The predicted molar refractivity (Wildman–Crippen MR) is 102 cm³/mol. The van der Waals surface area contributed by atoms with Crippen LogP contribution in [-0.4, -0.2) is 23.1 Å². The summed E-state index contributed by atoms with van der Waals surface area (Å²) in [4.78, 5) is 43.5. The minimum atomic E-state index is -0.0612. The summed E-state index contributed by atoms with van der Waals surface area (Å²) in [6, 6.07) is 5.31. The molecule has 0 amide bonds. The molecule has 0 aromatic heterocycles. The van der Waals surface area contributed by atoms with Crippen LogP contribution in [0.3, 0.4) is 0 Å². The number of carbonyl (C=O) groups excluding carboxylic acids is 4. The lowest BCUT2D eigenvalue weighted by atomic mass is 9.97. The molecule has 4 heteroatoms. The van der Waals surface area contributed by atoms with Crippen LogP contribution in [0.25, 0.3) is 0 Å². The monoisotopic (exact) mass is 348 g/mol. The van der Waals surface area contributed by atoms with E-state index in [1.54, 1.807) is 26.0 Å². The minimum Gasteiger partial charge on any atom is -0.300 e. The number of aryl methyl sites for hydroxylation is 1. The van der Waals surface area contributed by atoms with Gasteiger partial charge in [0.05, 0.1) is 0 Å². The van der Waals surface area contributed by atoms with Crippen LogP contribution in [0.4, 0.5) is 0 Å². The van der Waals surface area contributed by atoms with Gasteiger partial charge in [-0.2, -0.15) is 0 Å². The van der Waals surface area contributed by atoms with E-state index in [9.17, 15) is 19.2 Å². The fourth-order valence-electron chi connectivity index (χ4n) is 2.05. The van der Waals surface area contributed by atoms with Crippen LogP contribution in [0.5, 0.6) is 0 Å². The van der Waals surface area contributed by atoms with E-state index in [2.05, 4.69) is 0 Å². The lowest BCUT2D eigenvalue weighted by Gasteiger charge is -2.06. The second-order valence-electron chi connectivity index (χ2n) is 5.86. The van der Waals surface area contributed by atoms with Crippen LogP contribution in [0.2, 0.25) is 0 Å². The van der Waals surface area contributed by atoms with Gasteiger partial charge in [-0.1, -0.05) is 39.0 Å². The normalized spacial score (nSPS) is 10.4. The second kappa shape index (κ2) is 13.2. The number of carbonyl (C=O) groups is 4. The van der Waals surface area contributed by atoms with Gasteiger partial charge in [-0.25, -0.2) is 0 Å². The van der Waals surface area contributed by atoms with Crippen molar-refractivity contribution in [3.8, 4) is 0 Å². The molecule has 1 unspecified atom stereocenters. The summed E-state index contributed by atoms with van der Waals surface area (Å²) >= 11 is 0. The van der Waals surface area contributed by atoms with Crippen LogP contribution in [-0.2, 0) is 9.59 Å². The number of hydrogen-bond acceptors (Lipinski definition) is 4. The largest absolute Gasteiger partial charge is 0.300 e. The van der Waals surface area contributed by atoms with Crippen molar-refractivity contribution in [3.63, 3.8) is 0 Å². The average molecular weight is 348 g/mol. The van der Waals surface area contributed by atoms with Crippen molar-refractivity contribution in [2.45, 2.75) is 68.2 Å². The van der Waals surface area contributed by atoms with Crippen molar-refractivity contribution in [1.82, 2.24) is 0 Å². The molecule has 0 aliphatic rings. The van der Waals surface area contributed by atoms with Gasteiger partial charge in [0.1, 0.15) is 11.6 Å². The predicted octanol–water partition coefficient (Wildman–Crippen LogP) is 5.01. The topological polar surface area (TPSA) is 68.3 Å². The van der Waals surface area contributed by atoms with Crippen LogP contribution in [0.15, 0.2) is 18.2 Å². The van der Waals surface area contributed by atoms with E-state index in [1.165, 1.54) is 13.8 Å². The van der Waals surface area contributed by atoms with Gasteiger partial charge in [0, 0.05) is 23.5 Å². The SMILES string of the molecule is CC.CC(=O)CCC(C)C(C)=O.CC(=O)c1cccc(C)c1C(C)=O. The Bertz CT molecular complexity index is 600. The summed E-state index contributed by atoms with van der Waals surface area (Å²) in [5.41, 5.74) is 1.93. The molecule has 4 nitrogen and oxygen atoms in total. The number of hydrogen-bond donors (Lipinski definition) is 0. The molecule has 0 spiro atoms. The highest BCUT2D eigenvalue weighted by molar-refractivity contribution is 6.08. The summed E-state index contributed by atoms with van der Waals surface area (Å²) in [6.45, 7) is 13.8. The lowest BCUT2D eigenvalue weighted by molar-refractivity contribution is -0.121. The molecule has 140 valence electrons. The van der Waals surface area contributed by atoms with Crippen LogP contribution in [0, 0.1) is 12.8 Å². The van der Waals surface area contributed by atoms with E-state index in [1.807, 2.05) is 33.8 Å². The van der Waals surface area contributed by atoms with Gasteiger partial charge in [0.25, 0.3) is 0 Å². The summed E-state index contributed by atoms with van der Waals surface area (Å²) in [6.07, 6.45) is 1.23. The Labute approximate surface area is 152 Å². The average Bonchev–Trinajstić information content (AvgIpc) is 2.54. The van der Waals surface area contributed by atoms with Crippen molar-refractivity contribution in [2.24, 2.45) is 5.92 Å². The third-order valence-corrected chi connectivity index (χ3v) is 3.63. The Morgan fingerprint density at radius 3 is 1.76 bits per heavy atom. The van der Waals surface area contributed by atoms with E-state index in [4.69, 9.17) is 0 Å². The molecule has 0 aliphatic heterocycles. The molecule has 0 aliphatic carbocycles. The van der Waals surface area contributed by atoms with Crippen molar-refractivity contribution >= 4 is 23.1 Å². The molecule has 1 aromatic carbocycles. The highest BCUT2D eigenvalue weighted by atomic mass is 16.1. The Morgan fingerprint density at radius 1 is 0.920 bits per heavy atom. The maximum absolute atomic E-state index is 11.2. The molecule has 0 heterocycles. The van der Waals surface area contributed by atoms with Crippen molar-refractivity contribution in [3.05, 3.63) is 34.9 Å². The molecule has 0 radical (unpaired) electrons. The zero-order valence-electron chi connectivity index (χ0n) is 16.9. The first-order valence-corrected chi connectivity index (χ1v) is 8.69. The third kappa shape index (κ3) is 10.4. The second-order valence-corrected chi connectivity index (χ2v) is 5.86.